The number of ether oxygens (including phenoxy) is 1. The van der Waals surface area contributed by atoms with Gasteiger partial charge in [0, 0.05) is 11.6 Å². The van der Waals surface area contributed by atoms with E-state index in [-0.39, 0.29) is 12.4 Å². The highest BCUT2D eigenvalue weighted by atomic mass is 32.1. The first-order valence-electron chi connectivity index (χ1n) is 5.48. The predicted octanol–water partition coefficient (Wildman–Crippen LogP) is 3.18. The van der Waals surface area contributed by atoms with Crippen LogP contribution in [0.25, 0.3) is 10.2 Å². The molecular formula is C13H15NO2S. The standard InChI is InChI=1S/C13H15NO2S/c1-13(2,3)16-11(15)7-9-6-10-4-5-17-12(10)14-8-9/h4-6,8H,7H2,1-3H3. The predicted molar refractivity (Wildman–Crippen MR) is 69.2 cm³/mol. The number of hydrogen-bond donors (Lipinski definition) is 0. The molecule has 0 bridgehead atoms. The van der Waals surface area contributed by atoms with E-state index in [1.807, 2.05) is 38.3 Å². The van der Waals surface area contributed by atoms with Crippen molar-refractivity contribution in [3.05, 3.63) is 29.3 Å². The van der Waals surface area contributed by atoms with Crippen molar-refractivity contribution in [3.8, 4) is 0 Å². The minimum Gasteiger partial charge on any atom is -0.460 e. The highest BCUT2D eigenvalue weighted by Gasteiger charge is 2.16. The van der Waals surface area contributed by atoms with Crippen LogP contribution < -0.4 is 0 Å². The van der Waals surface area contributed by atoms with Gasteiger partial charge in [-0.2, -0.15) is 0 Å². The van der Waals surface area contributed by atoms with Crippen molar-refractivity contribution in [2.45, 2.75) is 32.8 Å². The van der Waals surface area contributed by atoms with E-state index in [2.05, 4.69) is 4.98 Å². The largest absolute Gasteiger partial charge is 0.460 e. The molecule has 0 aromatic carbocycles. The lowest BCUT2D eigenvalue weighted by Gasteiger charge is -2.19. The van der Waals surface area contributed by atoms with Gasteiger partial charge in [-0.05, 0) is 43.8 Å². The number of carbonyl (C=O) groups excluding carboxylic acids is 1. The Balaban J connectivity index is 2.10. The summed E-state index contributed by atoms with van der Waals surface area (Å²) in [4.78, 5) is 17.0. The van der Waals surface area contributed by atoms with E-state index in [9.17, 15) is 4.79 Å². The van der Waals surface area contributed by atoms with Crippen molar-refractivity contribution in [2.24, 2.45) is 0 Å². The van der Waals surface area contributed by atoms with E-state index >= 15 is 0 Å². The number of carbonyl (C=O) groups is 1. The summed E-state index contributed by atoms with van der Waals surface area (Å²) in [6, 6.07) is 3.99. The molecule has 17 heavy (non-hydrogen) atoms. The number of esters is 1. The van der Waals surface area contributed by atoms with E-state index in [4.69, 9.17) is 4.74 Å². The van der Waals surface area contributed by atoms with Gasteiger partial charge in [-0.3, -0.25) is 4.79 Å². The third-order valence-corrected chi connectivity index (χ3v) is 2.97. The van der Waals surface area contributed by atoms with Gasteiger partial charge in [-0.15, -0.1) is 11.3 Å². The number of thiophene rings is 1. The molecule has 0 amide bonds. The number of hydrogen-bond acceptors (Lipinski definition) is 4. The van der Waals surface area contributed by atoms with Crippen LogP contribution >= 0.6 is 11.3 Å². The van der Waals surface area contributed by atoms with E-state index in [1.54, 1.807) is 17.5 Å². The third kappa shape index (κ3) is 3.27. The molecule has 0 aliphatic carbocycles. The maximum Gasteiger partial charge on any atom is 0.310 e. The lowest BCUT2D eigenvalue weighted by molar-refractivity contribution is -0.153. The fourth-order valence-electron chi connectivity index (χ4n) is 1.55. The van der Waals surface area contributed by atoms with Crippen LogP contribution in [0.15, 0.2) is 23.7 Å². The minimum atomic E-state index is -0.434. The molecule has 3 nitrogen and oxygen atoms in total. The van der Waals surface area contributed by atoms with Crippen LogP contribution in [-0.2, 0) is 16.0 Å². The molecule has 0 aliphatic rings. The number of pyridine rings is 1. The Hall–Kier alpha value is -1.42. The number of fused-ring (bicyclic) bond motifs is 1. The second-order valence-corrected chi connectivity index (χ2v) is 5.82. The Kier molecular flexibility index (Phi) is 3.15. The molecule has 2 heterocycles. The molecule has 90 valence electrons. The van der Waals surface area contributed by atoms with Crippen LogP contribution in [-0.4, -0.2) is 16.6 Å². The van der Waals surface area contributed by atoms with Crippen molar-refractivity contribution in [1.82, 2.24) is 4.98 Å². The highest BCUT2D eigenvalue weighted by Crippen LogP contribution is 2.19. The quantitative estimate of drug-likeness (QED) is 0.767. The molecule has 0 fully saturated rings. The minimum absolute atomic E-state index is 0.214. The van der Waals surface area contributed by atoms with Crippen molar-refractivity contribution in [3.63, 3.8) is 0 Å². The molecular weight excluding hydrogens is 234 g/mol. The Labute approximate surface area is 104 Å². The summed E-state index contributed by atoms with van der Waals surface area (Å²) in [5, 5.41) is 3.07. The number of nitrogens with zero attached hydrogens (tertiary/aromatic N) is 1. The van der Waals surface area contributed by atoms with Crippen LogP contribution in [0.4, 0.5) is 0 Å². The maximum absolute atomic E-state index is 11.7. The second kappa shape index (κ2) is 4.45. The molecule has 0 atom stereocenters. The average Bonchev–Trinajstić information content (AvgIpc) is 2.61. The fraction of sp³-hybridized carbons (Fsp3) is 0.385. The zero-order valence-electron chi connectivity index (χ0n) is 10.2. The van der Waals surface area contributed by atoms with E-state index in [1.165, 1.54) is 0 Å². The molecule has 0 aliphatic heterocycles. The second-order valence-electron chi connectivity index (χ2n) is 4.92. The lowest BCUT2D eigenvalue weighted by Crippen LogP contribution is -2.24. The van der Waals surface area contributed by atoms with Crippen LogP contribution in [0, 0.1) is 0 Å². The molecule has 0 saturated heterocycles. The SMILES string of the molecule is CC(C)(C)OC(=O)Cc1cnc2sccc2c1. The Morgan fingerprint density at radius 3 is 2.94 bits per heavy atom. The Morgan fingerprint density at radius 2 is 2.24 bits per heavy atom. The summed E-state index contributed by atoms with van der Waals surface area (Å²) in [6.45, 7) is 5.60. The van der Waals surface area contributed by atoms with Crippen molar-refractivity contribution in [1.29, 1.82) is 0 Å². The van der Waals surface area contributed by atoms with Crippen molar-refractivity contribution in [2.75, 3.05) is 0 Å². The molecule has 0 N–H and O–H groups in total. The van der Waals surface area contributed by atoms with E-state index in [0.717, 1.165) is 15.8 Å². The summed E-state index contributed by atoms with van der Waals surface area (Å²) in [6.07, 6.45) is 2.01. The lowest BCUT2D eigenvalue weighted by atomic mass is 10.1. The first-order chi connectivity index (χ1) is 7.94. The van der Waals surface area contributed by atoms with Gasteiger partial charge < -0.3 is 4.74 Å². The van der Waals surface area contributed by atoms with Gasteiger partial charge in [-0.1, -0.05) is 0 Å². The molecule has 2 aromatic heterocycles. The Morgan fingerprint density at radius 1 is 1.47 bits per heavy atom. The van der Waals surface area contributed by atoms with Crippen LogP contribution in [0.3, 0.4) is 0 Å². The molecule has 2 rings (SSSR count). The van der Waals surface area contributed by atoms with Gasteiger partial charge in [0.2, 0.25) is 0 Å². The summed E-state index contributed by atoms with van der Waals surface area (Å²) >= 11 is 1.60. The van der Waals surface area contributed by atoms with Crippen LogP contribution in [0.5, 0.6) is 0 Å². The zero-order chi connectivity index (χ0) is 12.5. The van der Waals surface area contributed by atoms with Crippen LogP contribution in [0.1, 0.15) is 26.3 Å². The molecule has 0 radical (unpaired) electrons. The van der Waals surface area contributed by atoms with Crippen molar-refractivity contribution >= 4 is 27.5 Å². The Bertz CT molecular complexity index is 540. The maximum atomic E-state index is 11.7. The molecule has 0 spiro atoms. The van der Waals surface area contributed by atoms with E-state index in [0.29, 0.717) is 0 Å². The average molecular weight is 249 g/mol. The van der Waals surface area contributed by atoms with Crippen molar-refractivity contribution < 1.29 is 9.53 Å². The molecule has 4 heteroatoms. The molecule has 2 aromatic rings. The highest BCUT2D eigenvalue weighted by molar-refractivity contribution is 7.16. The fourth-order valence-corrected chi connectivity index (χ4v) is 2.27. The van der Waals surface area contributed by atoms with Gasteiger partial charge in [0.05, 0.1) is 6.42 Å². The normalized spacial score (nSPS) is 11.7. The third-order valence-electron chi connectivity index (χ3n) is 2.13. The topological polar surface area (TPSA) is 39.2 Å². The van der Waals surface area contributed by atoms with Gasteiger partial charge >= 0.3 is 5.97 Å². The van der Waals surface area contributed by atoms with Gasteiger partial charge in [0.25, 0.3) is 0 Å². The smallest absolute Gasteiger partial charge is 0.310 e. The number of rotatable bonds is 2. The monoisotopic (exact) mass is 249 g/mol. The zero-order valence-corrected chi connectivity index (χ0v) is 11.0. The van der Waals surface area contributed by atoms with Gasteiger partial charge in [0.15, 0.2) is 0 Å². The summed E-state index contributed by atoms with van der Waals surface area (Å²) < 4.78 is 5.27. The van der Waals surface area contributed by atoms with Crippen LogP contribution in [0.2, 0.25) is 0 Å². The first kappa shape index (κ1) is 12.0. The van der Waals surface area contributed by atoms with E-state index < -0.39 is 5.60 Å². The summed E-state index contributed by atoms with van der Waals surface area (Å²) in [7, 11) is 0. The number of aromatic nitrogens is 1. The summed E-state index contributed by atoms with van der Waals surface area (Å²) in [5.74, 6) is -0.214. The first-order valence-corrected chi connectivity index (χ1v) is 6.36. The molecule has 0 saturated carbocycles. The van der Waals surface area contributed by atoms with Gasteiger partial charge in [-0.25, -0.2) is 4.98 Å². The molecule has 0 unspecified atom stereocenters. The van der Waals surface area contributed by atoms with Gasteiger partial charge in [0.1, 0.15) is 10.4 Å². The summed E-state index contributed by atoms with van der Waals surface area (Å²) in [5.41, 5.74) is 0.460.